The highest BCUT2D eigenvalue weighted by atomic mass is 19.4. The molecule has 2 bridgehead atoms. The summed E-state index contributed by atoms with van der Waals surface area (Å²) in [6.07, 6.45) is -12.0. The summed E-state index contributed by atoms with van der Waals surface area (Å²) in [6, 6.07) is 7.67. The van der Waals surface area contributed by atoms with Crippen molar-refractivity contribution in [1.82, 2.24) is 51.0 Å². The SMILES string of the molecule is CNC(=O)O[C@H](C(=O)NN(Cc1ccc(-c2ccn(C(F)F)n2)cc1F)C[C@H](O)[C@H](Cc1ccc(C#Cc2cnc(N3C[C@@H]4CC[C@@H](C3)N4C3COC3)nc2)cc1)NC(=O)[C@@H](NC(=O)OC)C(C)(C)C(F)(F)F)C(C)(C)C(F)(F)F. The van der Waals surface area contributed by atoms with Crippen molar-refractivity contribution in [2.45, 2.75) is 115 Å². The van der Waals surface area contributed by atoms with Crippen molar-refractivity contribution >= 4 is 29.9 Å². The number of benzene rings is 2. The highest BCUT2D eigenvalue weighted by Crippen LogP contribution is 2.43. The fraction of sp³-hybridized carbons (Fsp3) is 0.519. The summed E-state index contributed by atoms with van der Waals surface area (Å²) >= 11 is 0. The molecule has 4 amide bonds. The Bertz CT molecular complexity index is 2880. The molecule has 3 saturated heterocycles. The van der Waals surface area contributed by atoms with Crippen LogP contribution in [-0.2, 0) is 36.8 Å². The van der Waals surface area contributed by atoms with Gasteiger partial charge in [0.25, 0.3) is 5.91 Å². The maximum Gasteiger partial charge on any atom is 0.407 e. The van der Waals surface area contributed by atoms with E-state index in [0.29, 0.717) is 78.1 Å². The van der Waals surface area contributed by atoms with Gasteiger partial charge in [-0.25, -0.2) is 33.6 Å². The highest BCUT2D eigenvalue weighted by molar-refractivity contribution is 5.87. The summed E-state index contributed by atoms with van der Waals surface area (Å²) in [6.45, 7) is 0.619. The Balaban J connectivity index is 1.17. The summed E-state index contributed by atoms with van der Waals surface area (Å²) in [5.41, 5.74) is -3.12. The van der Waals surface area contributed by atoms with Gasteiger partial charge >= 0.3 is 31.1 Å². The molecule has 3 fully saturated rings. The van der Waals surface area contributed by atoms with Crippen LogP contribution in [0.25, 0.3) is 11.3 Å². The van der Waals surface area contributed by atoms with Crippen molar-refractivity contribution < 1.29 is 78.0 Å². The molecule has 4 aromatic rings. The van der Waals surface area contributed by atoms with Gasteiger partial charge in [-0.2, -0.15) is 40.2 Å². The lowest BCUT2D eigenvalue weighted by Crippen LogP contribution is -2.62. The Labute approximate surface area is 453 Å². The van der Waals surface area contributed by atoms with Crippen LogP contribution in [0.5, 0.6) is 0 Å². The number of aromatic nitrogens is 4. The molecule has 80 heavy (non-hydrogen) atoms. The number of amides is 4. The van der Waals surface area contributed by atoms with E-state index in [-0.39, 0.29) is 16.8 Å². The number of hydrazine groups is 1. The van der Waals surface area contributed by atoms with Crippen LogP contribution in [0.1, 0.15) is 69.3 Å². The van der Waals surface area contributed by atoms with Gasteiger partial charge in [-0.15, -0.1) is 0 Å². The summed E-state index contributed by atoms with van der Waals surface area (Å²) in [5, 5.41) is 22.7. The van der Waals surface area contributed by atoms with E-state index in [9.17, 15) is 59.4 Å². The number of hydrogen-bond acceptors (Lipinski definition) is 14. The molecule has 6 atom stereocenters. The molecule has 2 aromatic heterocycles. The van der Waals surface area contributed by atoms with Crippen molar-refractivity contribution in [1.29, 1.82) is 0 Å². The van der Waals surface area contributed by atoms with E-state index in [1.165, 1.54) is 24.3 Å². The van der Waals surface area contributed by atoms with Gasteiger partial charge in [0, 0.05) is 80.6 Å². The van der Waals surface area contributed by atoms with E-state index in [1.54, 1.807) is 24.5 Å². The van der Waals surface area contributed by atoms with E-state index < -0.39 is 103 Å². The lowest BCUT2D eigenvalue weighted by Gasteiger charge is -2.47. The zero-order valence-corrected chi connectivity index (χ0v) is 44.2. The lowest BCUT2D eigenvalue weighted by atomic mass is 9.82. The number of halogens is 9. The van der Waals surface area contributed by atoms with Crippen molar-refractivity contribution in [2.24, 2.45) is 10.8 Å². The second-order valence-electron chi connectivity index (χ2n) is 20.7. The number of anilines is 1. The second kappa shape index (κ2) is 24.7. The van der Waals surface area contributed by atoms with E-state index in [1.807, 2.05) is 10.6 Å². The number of alkyl halides is 8. The lowest BCUT2D eigenvalue weighted by molar-refractivity contribution is -0.239. The maximum atomic E-state index is 16.0. The molecule has 0 spiro atoms. The van der Waals surface area contributed by atoms with Crippen molar-refractivity contribution in [3.8, 4) is 23.1 Å². The minimum absolute atomic E-state index is 0.00132. The van der Waals surface area contributed by atoms with E-state index in [2.05, 4.69) is 52.2 Å². The van der Waals surface area contributed by atoms with Crippen molar-refractivity contribution in [3.63, 3.8) is 0 Å². The molecule has 0 aliphatic carbocycles. The number of hydrogen-bond donors (Lipinski definition) is 5. The first kappa shape index (κ1) is 60.4. The summed E-state index contributed by atoms with van der Waals surface area (Å²) in [4.78, 5) is 66.7. The van der Waals surface area contributed by atoms with Crippen LogP contribution in [0.2, 0.25) is 0 Å². The van der Waals surface area contributed by atoms with Crippen LogP contribution in [-0.4, -0.2) is 161 Å². The number of methoxy groups -OCH3 is 1. The van der Waals surface area contributed by atoms with Gasteiger partial charge < -0.3 is 40.2 Å². The molecule has 2 aromatic carbocycles. The molecule has 19 nitrogen and oxygen atoms in total. The summed E-state index contributed by atoms with van der Waals surface area (Å²) < 4.78 is 145. The molecule has 0 saturated carbocycles. The van der Waals surface area contributed by atoms with Gasteiger partial charge in [0.2, 0.25) is 11.9 Å². The molecule has 434 valence electrons. The number of aliphatic hydroxyl groups excluding tert-OH is 1. The predicted molar refractivity (Wildman–Crippen MR) is 267 cm³/mol. The van der Waals surface area contributed by atoms with Gasteiger partial charge in [0.15, 0.2) is 6.10 Å². The number of fused-ring (bicyclic) bond motifs is 2. The Kier molecular flexibility index (Phi) is 18.6. The number of alkyl carbamates (subject to hydrolysis) is 2. The number of ether oxygens (including phenoxy) is 3. The van der Waals surface area contributed by atoms with Crippen molar-refractivity contribution in [3.05, 3.63) is 95.2 Å². The first-order chi connectivity index (χ1) is 37.6. The molecule has 7 rings (SSSR count). The number of carbonyl (C=O) groups excluding carboxylic acids is 4. The third kappa shape index (κ3) is 14.0. The minimum Gasteiger partial charge on any atom is -0.453 e. The van der Waals surface area contributed by atoms with Crippen molar-refractivity contribution in [2.75, 3.05) is 51.9 Å². The number of carbonyl (C=O) groups is 4. The number of piperazine rings is 1. The molecular weight excluding hydrogens is 1080 g/mol. The largest absolute Gasteiger partial charge is 0.453 e. The number of aliphatic hydroxyl groups is 1. The van der Waals surface area contributed by atoms with Crippen LogP contribution in [0.15, 0.2) is 67.1 Å². The van der Waals surface area contributed by atoms with Gasteiger partial charge in [0.05, 0.1) is 55.2 Å². The smallest absolute Gasteiger partial charge is 0.407 e. The molecule has 5 N–H and O–H groups in total. The zero-order chi connectivity index (χ0) is 58.5. The number of rotatable bonds is 19. The molecule has 3 aliphatic rings. The third-order valence-corrected chi connectivity index (χ3v) is 14.5. The quantitative estimate of drug-likeness (QED) is 0.0422. The predicted octanol–water partition coefficient (Wildman–Crippen LogP) is 5.87. The first-order valence-corrected chi connectivity index (χ1v) is 25.2. The van der Waals surface area contributed by atoms with Crippen LogP contribution in [0, 0.1) is 28.5 Å². The van der Waals surface area contributed by atoms with Crippen LogP contribution >= 0.6 is 0 Å². The first-order valence-electron chi connectivity index (χ1n) is 25.2. The maximum absolute atomic E-state index is 16.0. The van der Waals surface area contributed by atoms with Gasteiger partial charge in [-0.05, 0) is 76.8 Å². The zero-order valence-electron chi connectivity index (χ0n) is 44.2. The molecule has 0 radical (unpaired) electrons. The molecule has 5 heterocycles. The third-order valence-electron chi connectivity index (χ3n) is 14.5. The molecule has 3 aliphatic heterocycles. The second-order valence-corrected chi connectivity index (χ2v) is 20.7. The van der Waals surface area contributed by atoms with E-state index in [4.69, 9.17) is 9.47 Å². The molecular formula is C52H60F9N11O8. The monoisotopic (exact) mass is 1140 g/mol. The van der Waals surface area contributed by atoms with Crippen LogP contribution in [0.4, 0.5) is 55.1 Å². The Hall–Kier alpha value is -7.22. The van der Waals surface area contributed by atoms with Gasteiger partial charge in [-0.1, -0.05) is 36.1 Å². The molecule has 0 unspecified atom stereocenters. The normalized spacial score (nSPS) is 18.6. The van der Waals surface area contributed by atoms with Gasteiger partial charge in [0.1, 0.15) is 17.3 Å². The van der Waals surface area contributed by atoms with E-state index >= 15 is 4.39 Å². The van der Waals surface area contributed by atoms with Crippen LogP contribution in [0.3, 0.4) is 0 Å². The topological polar surface area (TPSA) is 218 Å². The van der Waals surface area contributed by atoms with Crippen LogP contribution < -0.4 is 26.3 Å². The fourth-order valence-corrected chi connectivity index (χ4v) is 9.43. The number of nitrogens with one attached hydrogen (secondary N) is 4. The Morgan fingerprint density at radius 3 is 2.00 bits per heavy atom. The molecule has 28 heteroatoms. The van der Waals surface area contributed by atoms with Gasteiger partial charge in [-0.3, -0.25) is 19.9 Å². The minimum atomic E-state index is -5.20. The summed E-state index contributed by atoms with van der Waals surface area (Å²) in [5.74, 6) is 2.36. The fourth-order valence-electron chi connectivity index (χ4n) is 9.43. The number of nitrogens with zero attached hydrogens (tertiary/aromatic N) is 7. The highest BCUT2D eigenvalue weighted by Gasteiger charge is 2.58. The average Bonchev–Trinajstić information content (AvgIpc) is 4.11. The van der Waals surface area contributed by atoms with E-state index in [0.717, 1.165) is 71.6 Å². The summed E-state index contributed by atoms with van der Waals surface area (Å²) in [7, 11) is 1.85. The Morgan fingerprint density at radius 1 is 0.838 bits per heavy atom. The Morgan fingerprint density at radius 2 is 1.46 bits per heavy atom. The average molecular weight is 1140 g/mol. The standard InChI is InChI=1S/C52H60F9N11O8/c1-49(2,51(56,57)58)41(66-48(77)78-6)43(74)65-39(19-30-10-7-29(8-11-30)9-12-31-21-63-46(64-22-31)69-24-34-15-16-35(25-69)72(34)36-27-79-28-36)40(73)26-70(68-44(75)42(80-47(76)62-5)50(3,4)52(59,60)61)23-33-14-13-32(20-37(33)53)38-17-18-71(67-38)45(54)55/h7-8,10-11,13-14,17-18,20-22,34-36,39-42,45,73H,15-16,19,23-28H2,1-6H3,(H,62,76)(H,65,74)(H,66,77)(H,68,75)/t34-,35-,39-,40-,41+,42+/m0/s1.